The van der Waals surface area contributed by atoms with Gasteiger partial charge in [-0.15, -0.1) is 0 Å². The molecule has 0 saturated heterocycles. The van der Waals surface area contributed by atoms with Crippen molar-refractivity contribution in [2.45, 2.75) is 16.6 Å². The molecule has 3 aromatic carbocycles. The standard InChI is InChI=1S/C23H16F3N3O2S/c24-23(25,26)15-9-6-10-16(13-15)27-21(31)19(14-7-2-1-3-8-14)32-22-28-18-12-5-4-11-17(18)20(30)29-22/h1-13,19H,(H,27,31)(H,28,29,30). The van der Waals surface area contributed by atoms with Crippen LogP contribution >= 0.6 is 11.8 Å². The van der Waals surface area contributed by atoms with Crippen molar-refractivity contribution in [2.24, 2.45) is 0 Å². The molecule has 0 radical (unpaired) electrons. The molecule has 162 valence electrons. The second kappa shape index (κ2) is 8.88. The van der Waals surface area contributed by atoms with Gasteiger partial charge in [0.2, 0.25) is 5.91 Å². The van der Waals surface area contributed by atoms with Crippen molar-refractivity contribution in [3.63, 3.8) is 0 Å². The number of H-pyrrole nitrogens is 1. The van der Waals surface area contributed by atoms with E-state index in [0.717, 1.165) is 23.9 Å². The van der Waals surface area contributed by atoms with Gasteiger partial charge >= 0.3 is 6.18 Å². The molecule has 4 rings (SSSR count). The molecule has 0 saturated carbocycles. The number of alkyl halides is 3. The van der Waals surface area contributed by atoms with Crippen LogP contribution < -0.4 is 10.9 Å². The predicted molar refractivity (Wildman–Crippen MR) is 117 cm³/mol. The molecule has 1 heterocycles. The fourth-order valence-electron chi connectivity index (χ4n) is 3.11. The van der Waals surface area contributed by atoms with E-state index in [-0.39, 0.29) is 16.4 Å². The van der Waals surface area contributed by atoms with Crippen LogP contribution in [0.5, 0.6) is 0 Å². The van der Waals surface area contributed by atoms with Crippen LogP contribution in [0.15, 0.2) is 88.8 Å². The molecular formula is C23H16F3N3O2S. The molecule has 5 nitrogen and oxygen atoms in total. The third-order valence-electron chi connectivity index (χ3n) is 4.62. The molecule has 1 unspecified atom stereocenters. The number of carbonyl (C=O) groups is 1. The monoisotopic (exact) mass is 455 g/mol. The first-order valence-corrected chi connectivity index (χ1v) is 10.4. The molecule has 0 bridgehead atoms. The van der Waals surface area contributed by atoms with Gasteiger partial charge in [-0.3, -0.25) is 9.59 Å². The van der Waals surface area contributed by atoms with Crippen molar-refractivity contribution in [3.05, 3.63) is 100 Å². The maximum absolute atomic E-state index is 13.1. The molecule has 2 N–H and O–H groups in total. The van der Waals surface area contributed by atoms with Crippen molar-refractivity contribution >= 4 is 34.3 Å². The third kappa shape index (κ3) is 4.83. The van der Waals surface area contributed by atoms with Crippen LogP contribution in [0.25, 0.3) is 10.9 Å². The van der Waals surface area contributed by atoms with Crippen LogP contribution in [0.1, 0.15) is 16.4 Å². The second-order valence-electron chi connectivity index (χ2n) is 6.86. The van der Waals surface area contributed by atoms with E-state index in [1.54, 1.807) is 54.6 Å². The fraction of sp³-hybridized carbons (Fsp3) is 0.0870. The fourth-order valence-corrected chi connectivity index (χ4v) is 4.10. The molecule has 0 fully saturated rings. The normalized spacial score (nSPS) is 12.5. The maximum Gasteiger partial charge on any atom is 0.416 e. The Bertz CT molecular complexity index is 1320. The summed E-state index contributed by atoms with van der Waals surface area (Å²) in [6, 6.07) is 20.0. The number of halogens is 3. The predicted octanol–water partition coefficient (Wildman–Crippen LogP) is 5.41. The van der Waals surface area contributed by atoms with Crippen molar-refractivity contribution in [3.8, 4) is 0 Å². The SMILES string of the molecule is O=C(Nc1cccc(C(F)(F)F)c1)C(Sc1nc2ccccc2c(=O)[nH]1)c1ccccc1. The molecule has 0 aliphatic heterocycles. The summed E-state index contributed by atoms with van der Waals surface area (Å²) >= 11 is 1.01. The zero-order chi connectivity index (χ0) is 22.7. The lowest BCUT2D eigenvalue weighted by atomic mass is 10.1. The van der Waals surface area contributed by atoms with Gasteiger partial charge < -0.3 is 10.3 Å². The minimum absolute atomic E-state index is 0.0197. The number of hydrogen-bond donors (Lipinski definition) is 2. The van der Waals surface area contributed by atoms with E-state index in [2.05, 4.69) is 15.3 Å². The van der Waals surface area contributed by atoms with Crippen LogP contribution in [0, 0.1) is 0 Å². The van der Waals surface area contributed by atoms with Crippen LogP contribution in [0.3, 0.4) is 0 Å². The summed E-state index contributed by atoms with van der Waals surface area (Å²) < 4.78 is 39.1. The van der Waals surface area contributed by atoms with Gasteiger partial charge in [-0.1, -0.05) is 60.3 Å². The van der Waals surface area contributed by atoms with Crippen molar-refractivity contribution in [2.75, 3.05) is 5.32 Å². The number of carbonyl (C=O) groups excluding carboxylic acids is 1. The lowest BCUT2D eigenvalue weighted by Crippen LogP contribution is -2.20. The molecule has 1 atom stereocenters. The van der Waals surface area contributed by atoms with Crippen LogP contribution in [-0.4, -0.2) is 15.9 Å². The number of anilines is 1. The van der Waals surface area contributed by atoms with E-state index in [1.807, 2.05) is 0 Å². The first kappa shape index (κ1) is 21.6. The molecule has 4 aromatic rings. The van der Waals surface area contributed by atoms with Crippen LogP contribution in [-0.2, 0) is 11.0 Å². The number of nitrogens with one attached hydrogen (secondary N) is 2. The highest BCUT2D eigenvalue weighted by atomic mass is 32.2. The van der Waals surface area contributed by atoms with Crippen molar-refractivity contribution in [1.29, 1.82) is 0 Å². The summed E-state index contributed by atoms with van der Waals surface area (Å²) in [5.74, 6) is -0.545. The van der Waals surface area contributed by atoms with E-state index >= 15 is 0 Å². The van der Waals surface area contributed by atoms with E-state index in [0.29, 0.717) is 16.5 Å². The first-order valence-electron chi connectivity index (χ1n) is 9.50. The molecule has 0 spiro atoms. The van der Waals surface area contributed by atoms with E-state index in [1.165, 1.54) is 12.1 Å². The summed E-state index contributed by atoms with van der Waals surface area (Å²) in [7, 11) is 0. The van der Waals surface area contributed by atoms with Crippen molar-refractivity contribution in [1.82, 2.24) is 9.97 Å². The minimum Gasteiger partial charge on any atom is -0.325 e. The molecule has 9 heteroatoms. The Morgan fingerprint density at radius 1 is 0.969 bits per heavy atom. The van der Waals surface area contributed by atoms with Gasteiger partial charge in [0.25, 0.3) is 5.56 Å². The van der Waals surface area contributed by atoms with Gasteiger partial charge in [0.1, 0.15) is 5.25 Å². The van der Waals surface area contributed by atoms with E-state index < -0.39 is 22.9 Å². The molecule has 0 aliphatic rings. The Hall–Kier alpha value is -3.59. The number of aromatic nitrogens is 2. The van der Waals surface area contributed by atoms with Gasteiger partial charge in [0.15, 0.2) is 5.16 Å². The number of hydrogen-bond acceptors (Lipinski definition) is 4. The molecule has 32 heavy (non-hydrogen) atoms. The molecule has 0 aliphatic carbocycles. The van der Waals surface area contributed by atoms with E-state index in [4.69, 9.17) is 0 Å². The summed E-state index contributed by atoms with van der Waals surface area (Å²) in [4.78, 5) is 32.6. The summed E-state index contributed by atoms with van der Waals surface area (Å²) in [5, 5.41) is 2.32. The summed E-state index contributed by atoms with van der Waals surface area (Å²) in [6.45, 7) is 0. The highest BCUT2D eigenvalue weighted by Gasteiger charge is 2.31. The molecule has 1 amide bonds. The third-order valence-corrected chi connectivity index (χ3v) is 5.76. The Labute approximate surface area is 184 Å². The van der Waals surface area contributed by atoms with Gasteiger partial charge in [-0.05, 0) is 35.9 Å². The zero-order valence-electron chi connectivity index (χ0n) is 16.4. The van der Waals surface area contributed by atoms with E-state index in [9.17, 15) is 22.8 Å². The number of thioether (sulfide) groups is 1. The number of fused-ring (bicyclic) bond motifs is 1. The van der Waals surface area contributed by atoms with Crippen LogP contribution in [0.2, 0.25) is 0 Å². The molecule has 1 aromatic heterocycles. The minimum atomic E-state index is -4.52. The largest absolute Gasteiger partial charge is 0.416 e. The van der Waals surface area contributed by atoms with Crippen LogP contribution in [0.4, 0.5) is 18.9 Å². The Balaban J connectivity index is 1.66. The first-order chi connectivity index (χ1) is 15.3. The number of aromatic amines is 1. The number of nitrogens with zero attached hydrogens (tertiary/aromatic N) is 1. The smallest absolute Gasteiger partial charge is 0.325 e. The average Bonchev–Trinajstić information content (AvgIpc) is 2.78. The highest BCUT2D eigenvalue weighted by molar-refractivity contribution is 8.00. The lowest BCUT2D eigenvalue weighted by Gasteiger charge is -2.17. The number of amides is 1. The van der Waals surface area contributed by atoms with Gasteiger partial charge in [-0.25, -0.2) is 4.98 Å². The molecular weight excluding hydrogens is 439 g/mol. The average molecular weight is 455 g/mol. The Kier molecular flexibility index (Phi) is 6.00. The summed E-state index contributed by atoms with van der Waals surface area (Å²) in [5.41, 5.74) is -0.101. The number of benzene rings is 3. The zero-order valence-corrected chi connectivity index (χ0v) is 17.2. The highest BCUT2D eigenvalue weighted by Crippen LogP contribution is 2.35. The Morgan fingerprint density at radius 2 is 1.69 bits per heavy atom. The van der Waals surface area contributed by atoms with Gasteiger partial charge in [0.05, 0.1) is 16.5 Å². The quantitative estimate of drug-likeness (QED) is 0.312. The number of para-hydroxylation sites is 1. The second-order valence-corrected chi connectivity index (χ2v) is 7.96. The van der Waals surface area contributed by atoms with Gasteiger partial charge in [-0.2, -0.15) is 13.2 Å². The maximum atomic E-state index is 13.1. The summed E-state index contributed by atoms with van der Waals surface area (Å²) in [6.07, 6.45) is -4.52. The Morgan fingerprint density at radius 3 is 2.44 bits per heavy atom. The lowest BCUT2D eigenvalue weighted by molar-refractivity contribution is -0.137. The topological polar surface area (TPSA) is 74.8 Å². The number of rotatable bonds is 5. The van der Waals surface area contributed by atoms with Gasteiger partial charge in [0, 0.05) is 5.69 Å². The van der Waals surface area contributed by atoms with Crippen molar-refractivity contribution < 1.29 is 18.0 Å².